The number of nitriles is 1. The largest absolute Gasteiger partial charge is 0.457 e. The molecule has 0 saturated heterocycles. The van der Waals surface area contributed by atoms with E-state index in [1.807, 2.05) is 41.8 Å². The minimum absolute atomic E-state index is 0.163. The van der Waals surface area contributed by atoms with E-state index in [-0.39, 0.29) is 23.9 Å². The average Bonchev–Trinajstić information content (AvgIpc) is 3.47. The van der Waals surface area contributed by atoms with E-state index in [9.17, 15) is 4.79 Å². The van der Waals surface area contributed by atoms with Crippen LogP contribution in [0.3, 0.4) is 0 Å². The van der Waals surface area contributed by atoms with Crippen molar-refractivity contribution < 1.29 is 14.3 Å². The Balaban J connectivity index is 1.45. The Hall–Kier alpha value is -4.58. The molecule has 0 atom stereocenters. The average molecular weight is 512 g/mol. The van der Waals surface area contributed by atoms with Crippen molar-refractivity contribution in [1.82, 2.24) is 14.3 Å². The van der Waals surface area contributed by atoms with E-state index < -0.39 is 0 Å². The van der Waals surface area contributed by atoms with Gasteiger partial charge in [-0.2, -0.15) is 10.4 Å². The Bertz CT molecular complexity index is 1660. The van der Waals surface area contributed by atoms with Crippen molar-refractivity contribution in [2.75, 3.05) is 12.3 Å². The van der Waals surface area contributed by atoms with Crippen LogP contribution in [0, 0.1) is 11.3 Å². The van der Waals surface area contributed by atoms with E-state index in [2.05, 4.69) is 11.2 Å². The standard InChI is InChI=1S/C28H22ClN5O3/c1-2-36-17-33-24-9-4-3-7-19(24)13-26(33)27(35)22-16-32-34(28(22)31)25-11-10-21(14-23(25)29)37-20-8-5-6-18(12-20)15-30/h3-14,16H,2,17,31H2,1H3. The number of hydrogen-bond donors (Lipinski definition) is 1. The molecule has 0 aliphatic rings. The summed E-state index contributed by atoms with van der Waals surface area (Å²) in [6, 6.07) is 23.5. The number of nitrogen functional groups attached to an aromatic ring is 1. The molecule has 0 radical (unpaired) electrons. The summed E-state index contributed by atoms with van der Waals surface area (Å²) in [6.45, 7) is 2.66. The molecule has 0 aliphatic carbocycles. The van der Waals surface area contributed by atoms with Gasteiger partial charge < -0.3 is 19.8 Å². The van der Waals surface area contributed by atoms with Gasteiger partial charge in [-0.25, -0.2) is 4.68 Å². The van der Waals surface area contributed by atoms with Crippen molar-refractivity contribution in [2.24, 2.45) is 0 Å². The quantitative estimate of drug-likeness (QED) is 0.258. The summed E-state index contributed by atoms with van der Waals surface area (Å²) in [5.74, 6) is 0.881. The molecular weight excluding hydrogens is 490 g/mol. The van der Waals surface area contributed by atoms with Gasteiger partial charge >= 0.3 is 0 Å². The number of rotatable bonds is 8. The van der Waals surface area contributed by atoms with Crippen molar-refractivity contribution in [1.29, 1.82) is 5.26 Å². The summed E-state index contributed by atoms with van der Waals surface area (Å²) in [7, 11) is 0. The summed E-state index contributed by atoms with van der Waals surface area (Å²) in [5.41, 5.74) is 8.98. The normalized spacial score (nSPS) is 10.9. The lowest BCUT2D eigenvalue weighted by Gasteiger charge is -2.11. The molecule has 5 aromatic rings. The van der Waals surface area contributed by atoms with Crippen molar-refractivity contribution in [3.05, 3.63) is 101 Å². The Morgan fingerprint density at radius 2 is 1.89 bits per heavy atom. The van der Waals surface area contributed by atoms with Crippen LogP contribution in [-0.2, 0) is 11.5 Å². The van der Waals surface area contributed by atoms with Gasteiger partial charge in [0.2, 0.25) is 5.78 Å². The second kappa shape index (κ2) is 10.2. The minimum atomic E-state index is -0.270. The maximum atomic E-state index is 13.6. The van der Waals surface area contributed by atoms with E-state index in [4.69, 9.17) is 32.1 Å². The van der Waals surface area contributed by atoms with Crippen molar-refractivity contribution >= 4 is 34.1 Å². The summed E-state index contributed by atoms with van der Waals surface area (Å²) in [6.07, 6.45) is 1.44. The molecule has 37 heavy (non-hydrogen) atoms. The van der Waals surface area contributed by atoms with Crippen LogP contribution in [0.25, 0.3) is 16.6 Å². The van der Waals surface area contributed by atoms with E-state index >= 15 is 0 Å². The highest BCUT2D eigenvalue weighted by molar-refractivity contribution is 6.32. The third-order valence-corrected chi connectivity index (χ3v) is 6.17. The lowest BCUT2D eigenvalue weighted by atomic mass is 10.1. The molecule has 2 aromatic heterocycles. The number of ketones is 1. The predicted molar refractivity (Wildman–Crippen MR) is 141 cm³/mol. The molecule has 0 saturated carbocycles. The molecule has 2 heterocycles. The van der Waals surface area contributed by atoms with Gasteiger partial charge in [-0.05, 0) is 49.4 Å². The SMILES string of the molecule is CCOCn1c(C(=O)c2cnn(-c3ccc(Oc4cccc(C#N)c4)cc3Cl)c2N)cc2ccccc21. The molecule has 0 bridgehead atoms. The van der Waals surface area contributed by atoms with E-state index in [1.54, 1.807) is 42.5 Å². The predicted octanol–water partition coefficient (Wildman–Crippen LogP) is 5.95. The first-order valence-corrected chi connectivity index (χ1v) is 11.9. The summed E-state index contributed by atoms with van der Waals surface area (Å²) in [5, 5.41) is 14.7. The number of halogens is 1. The van der Waals surface area contributed by atoms with Gasteiger partial charge in [0.15, 0.2) is 0 Å². The van der Waals surface area contributed by atoms with Gasteiger partial charge in [0, 0.05) is 18.1 Å². The molecule has 184 valence electrons. The number of para-hydroxylation sites is 1. The van der Waals surface area contributed by atoms with Crippen LogP contribution in [0.2, 0.25) is 5.02 Å². The lowest BCUT2D eigenvalue weighted by Crippen LogP contribution is -2.13. The fraction of sp³-hybridized carbons (Fsp3) is 0.107. The van der Waals surface area contributed by atoms with Crippen LogP contribution in [0.4, 0.5) is 5.82 Å². The molecule has 3 aromatic carbocycles. The smallest absolute Gasteiger partial charge is 0.214 e. The van der Waals surface area contributed by atoms with Gasteiger partial charge in [-0.15, -0.1) is 0 Å². The van der Waals surface area contributed by atoms with E-state index in [0.717, 1.165) is 10.9 Å². The Morgan fingerprint density at radius 1 is 1.08 bits per heavy atom. The number of ether oxygens (including phenoxy) is 2. The second-order valence-electron chi connectivity index (χ2n) is 8.18. The number of fused-ring (bicyclic) bond motifs is 1. The number of hydrogen-bond acceptors (Lipinski definition) is 6. The Kier molecular flexibility index (Phi) is 6.64. The number of benzene rings is 3. The van der Waals surface area contributed by atoms with Crippen molar-refractivity contribution in [3.63, 3.8) is 0 Å². The lowest BCUT2D eigenvalue weighted by molar-refractivity contribution is 0.0847. The zero-order chi connectivity index (χ0) is 25.9. The molecule has 2 N–H and O–H groups in total. The topological polar surface area (TPSA) is 108 Å². The zero-order valence-electron chi connectivity index (χ0n) is 19.9. The number of anilines is 1. The highest BCUT2D eigenvalue weighted by atomic mass is 35.5. The maximum Gasteiger partial charge on any atom is 0.214 e. The molecule has 9 heteroatoms. The highest BCUT2D eigenvalue weighted by Gasteiger charge is 2.23. The summed E-state index contributed by atoms with van der Waals surface area (Å²) >= 11 is 6.55. The number of carbonyl (C=O) groups excluding carboxylic acids is 1. The van der Waals surface area contributed by atoms with Crippen molar-refractivity contribution in [3.8, 4) is 23.3 Å². The summed E-state index contributed by atoms with van der Waals surface area (Å²) < 4.78 is 14.7. The molecule has 0 unspecified atom stereocenters. The van der Waals surface area contributed by atoms with Crippen LogP contribution in [0.15, 0.2) is 79.0 Å². The first-order chi connectivity index (χ1) is 18.0. The van der Waals surface area contributed by atoms with Crippen LogP contribution < -0.4 is 10.5 Å². The molecule has 0 fully saturated rings. The van der Waals surface area contributed by atoms with Gasteiger partial charge in [0.1, 0.15) is 24.0 Å². The fourth-order valence-electron chi connectivity index (χ4n) is 4.07. The van der Waals surface area contributed by atoms with Gasteiger partial charge in [-0.3, -0.25) is 4.79 Å². The first-order valence-electron chi connectivity index (χ1n) is 11.5. The molecule has 0 amide bonds. The molecule has 0 aliphatic heterocycles. The monoisotopic (exact) mass is 511 g/mol. The number of nitrogens with two attached hydrogens (primary N) is 1. The minimum Gasteiger partial charge on any atom is -0.457 e. The van der Waals surface area contributed by atoms with Crippen molar-refractivity contribution in [2.45, 2.75) is 13.7 Å². The molecule has 5 rings (SSSR count). The van der Waals surface area contributed by atoms with E-state index in [0.29, 0.717) is 40.1 Å². The molecular formula is C28H22ClN5O3. The van der Waals surface area contributed by atoms with Crippen LogP contribution in [0.5, 0.6) is 11.5 Å². The van der Waals surface area contributed by atoms with Gasteiger partial charge in [0.25, 0.3) is 0 Å². The molecule has 8 nitrogen and oxygen atoms in total. The Labute approximate surface area is 218 Å². The highest BCUT2D eigenvalue weighted by Crippen LogP contribution is 2.32. The van der Waals surface area contributed by atoms with Crippen LogP contribution in [0.1, 0.15) is 28.5 Å². The third-order valence-electron chi connectivity index (χ3n) is 5.86. The number of carbonyl (C=O) groups is 1. The number of aromatic nitrogens is 3. The van der Waals surface area contributed by atoms with Gasteiger partial charge in [0.05, 0.1) is 45.3 Å². The zero-order valence-corrected chi connectivity index (χ0v) is 20.6. The first kappa shape index (κ1) is 24.1. The number of nitrogens with zero attached hydrogens (tertiary/aromatic N) is 4. The molecule has 0 spiro atoms. The van der Waals surface area contributed by atoms with Gasteiger partial charge in [-0.1, -0.05) is 35.9 Å². The maximum absolute atomic E-state index is 13.6. The third kappa shape index (κ3) is 4.66. The van der Waals surface area contributed by atoms with Crippen LogP contribution >= 0.6 is 11.6 Å². The van der Waals surface area contributed by atoms with E-state index in [1.165, 1.54) is 10.9 Å². The summed E-state index contributed by atoms with van der Waals surface area (Å²) in [4.78, 5) is 13.6. The Morgan fingerprint density at radius 3 is 2.68 bits per heavy atom. The second-order valence-corrected chi connectivity index (χ2v) is 8.58. The fourth-order valence-corrected chi connectivity index (χ4v) is 4.32. The van der Waals surface area contributed by atoms with Crippen LogP contribution in [-0.4, -0.2) is 26.7 Å².